The molecule has 0 aliphatic rings. The van der Waals surface area contributed by atoms with E-state index in [0.717, 1.165) is 5.56 Å². The molecular weight excluding hydrogens is 388 g/mol. The van der Waals surface area contributed by atoms with Gasteiger partial charge in [0.2, 0.25) is 5.91 Å². The van der Waals surface area contributed by atoms with Gasteiger partial charge in [-0.05, 0) is 10.6 Å². The van der Waals surface area contributed by atoms with Crippen LogP contribution in [0.3, 0.4) is 0 Å². The molecule has 0 bridgehead atoms. The van der Waals surface area contributed by atoms with E-state index in [9.17, 15) is 19.5 Å². The normalized spacial score (nSPS) is 12.2. The molecule has 29 heavy (non-hydrogen) atoms. The van der Waals surface area contributed by atoms with Gasteiger partial charge in [-0.15, -0.1) is 11.5 Å². The van der Waals surface area contributed by atoms with E-state index < -0.39 is 32.1 Å². The Kier molecular flexibility index (Phi) is 8.92. The molecule has 158 valence electrons. The number of amides is 2. The number of carbonyl (C=O) groups is 3. The van der Waals surface area contributed by atoms with E-state index in [4.69, 9.17) is 4.74 Å². The van der Waals surface area contributed by atoms with Gasteiger partial charge in [0.05, 0.1) is 0 Å². The zero-order chi connectivity index (χ0) is 22.1. The number of hydrogen-bond acceptors (Lipinski definition) is 4. The lowest BCUT2D eigenvalue weighted by molar-refractivity contribution is -0.141. The van der Waals surface area contributed by atoms with Crippen LogP contribution in [0.5, 0.6) is 0 Å². The summed E-state index contributed by atoms with van der Waals surface area (Å²) in [5.74, 6) is 1.13. The molecule has 0 fully saturated rings. The summed E-state index contributed by atoms with van der Waals surface area (Å²) in [5.41, 5.74) is 4.04. The SMILES string of the molecule is CC(C)(C)[Si](C)(C)C#CC[C@H](NC(=O)CNC(=O)OCc1ccccc1)C(=O)O. The Balaban J connectivity index is 2.48. The van der Waals surface area contributed by atoms with Crippen LogP contribution in [0.1, 0.15) is 32.8 Å². The summed E-state index contributed by atoms with van der Waals surface area (Å²) in [6.07, 6.45) is -0.750. The third-order valence-electron chi connectivity index (χ3n) is 4.82. The summed E-state index contributed by atoms with van der Waals surface area (Å²) < 4.78 is 5.00. The number of carboxylic acids is 1. The van der Waals surface area contributed by atoms with Crippen molar-refractivity contribution < 1.29 is 24.2 Å². The first-order valence-electron chi connectivity index (χ1n) is 9.39. The average molecular weight is 419 g/mol. The van der Waals surface area contributed by atoms with E-state index in [1.54, 1.807) is 0 Å². The van der Waals surface area contributed by atoms with Crippen molar-refractivity contribution in [3.05, 3.63) is 35.9 Å². The zero-order valence-electron chi connectivity index (χ0n) is 17.7. The molecule has 1 atom stereocenters. The number of hydrogen-bond donors (Lipinski definition) is 3. The minimum Gasteiger partial charge on any atom is -0.480 e. The Hall–Kier alpha value is -2.79. The summed E-state index contributed by atoms with van der Waals surface area (Å²) >= 11 is 0. The Morgan fingerprint density at radius 3 is 2.34 bits per heavy atom. The smallest absolute Gasteiger partial charge is 0.407 e. The summed E-state index contributed by atoms with van der Waals surface area (Å²) in [6.45, 7) is 10.3. The first-order valence-corrected chi connectivity index (χ1v) is 12.4. The second kappa shape index (κ2) is 10.7. The quantitative estimate of drug-likeness (QED) is 0.466. The summed E-state index contributed by atoms with van der Waals surface area (Å²) in [5, 5.41) is 14.1. The van der Waals surface area contributed by atoms with Crippen LogP contribution in [0, 0.1) is 11.5 Å². The maximum absolute atomic E-state index is 12.0. The number of nitrogens with one attached hydrogen (secondary N) is 2. The van der Waals surface area contributed by atoms with Crippen LogP contribution in [-0.4, -0.2) is 43.7 Å². The van der Waals surface area contributed by atoms with E-state index in [2.05, 4.69) is 56.0 Å². The summed E-state index contributed by atoms with van der Waals surface area (Å²) in [4.78, 5) is 35.0. The minimum atomic E-state index is -1.85. The molecular formula is C21H30N2O5Si. The number of ether oxygens (including phenoxy) is 1. The first-order chi connectivity index (χ1) is 13.4. The third-order valence-corrected chi connectivity index (χ3v) is 9.37. The maximum Gasteiger partial charge on any atom is 0.407 e. The first kappa shape index (κ1) is 24.2. The van der Waals surface area contributed by atoms with Gasteiger partial charge in [-0.2, -0.15) is 0 Å². The Bertz CT molecular complexity index is 776. The van der Waals surface area contributed by atoms with Crippen LogP contribution in [0.2, 0.25) is 18.1 Å². The number of aliphatic carboxylic acids is 1. The third kappa shape index (κ3) is 8.83. The van der Waals surface area contributed by atoms with E-state index in [1.807, 2.05) is 30.3 Å². The van der Waals surface area contributed by atoms with Crippen LogP contribution in [-0.2, 0) is 20.9 Å². The highest BCUT2D eigenvalue weighted by Gasteiger charge is 2.33. The van der Waals surface area contributed by atoms with Gasteiger partial charge in [-0.1, -0.05) is 64.2 Å². The van der Waals surface area contributed by atoms with E-state index in [1.165, 1.54) is 0 Å². The topological polar surface area (TPSA) is 105 Å². The van der Waals surface area contributed by atoms with Crippen molar-refractivity contribution >= 4 is 26.0 Å². The number of carbonyl (C=O) groups excluding carboxylic acids is 2. The summed E-state index contributed by atoms with van der Waals surface area (Å²) in [7, 11) is -1.85. The predicted octanol–water partition coefficient (Wildman–Crippen LogP) is 2.92. The number of rotatable bonds is 7. The van der Waals surface area contributed by atoms with Crippen molar-refractivity contribution in [1.82, 2.24) is 10.6 Å². The maximum atomic E-state index is 12.0. The van der Waals surface area contributed by atoms with E-state index in [-0.39, 0.29) is 24.6 Å². The highest BCUT2D eigenvalue weighted by atomic mass is 28.3. The lowest BCUT2D eigenvalue weighted by atomic mass is 10.2. The highest BCUT2D eigenvalue weighted by molar-refractivity contribution is 6.87. The van der Waals surface area contributed by atoms with Crippen molar-refractivity contribution in [1.29, 1.82) is 0 Å². The highest BCUT2D eigenvalue weighted by Crippen LogP contribution is 2.35. The van der Waals surface area contributed by atoms with E-state index in [0.29, 0.717) is 0 Å². The van der Waals surface area contributed by atoms with Crippen LogP contribution < -0.4 is 10.6 Å². The average Bonchev–Trinajstić information content (AvgIpc) is 2.63. The van der Waals surface area contributed by atoms with Gasteiger partial charge in [0.25, 0.3) is 0 Å². The van der Waals surface area contributed by atoms with Crippen LogP contribution in [0.4, 0.5) is 4.79 Å². The van der Waals surface area contributed by atoms with Crippen LogP contribution in [0.25, 0.3) is 0 Å². The Morgan fingerprint density at radius 1 is 1.17 bits per heavy atom. The van der Waals surface area contributed by atoms with Gasteiger partial charge in [0.1, 0.15) is 27.3 Å². The monoisotopic (exact) mass is 418 g/mol. The number of carboxylic acid groups (broad SMARTS) is 1. The summed E-state index contributed by atoms with van der Waals surface area (Å²) in [6, 6.07) is 7.98. The molecule has 0 heterocycles. The molecule has 7 nitrogen and oxygen atoms in total. The molecule has 0 aliphatic heterocycles. The Labute approximate surface area is 173 Å². The lowest BCUT2D eigenvalue weighted by Crippen LogP contribution is -2.45. The molecule has 1 rings (SSSR count). The van der Waals surface area contributed by atoms with Crippen molar-refractivity contribution in [2.24, 2.45) is 0 Å². The standard InChI is InChI=1S/C21H30N2O5Si/c1-21(2,3)29(4,5)13-9-12-17(19(25)26)23-18(24)14-22-20(27)28-15-16-10-7-6-8-11-16/h6-8,10-11,17H,12,14-15H2,1-5H3,(H,22,27)(H,23,24)(H,25,26)/t17-/m0/s1. The van der Waals surface area contributed by atoms with Crippen molar-refractivity contribution in [2.75, 3.05) is 6.54 Å². The van der Waals surface area contributed by atoms with Crippen molar-refractivity contribution in [2.45, 2.75) is 58.0 Å². The van der Waals surface area contributed by atoms with Crippen LogP contribution >= 0.6 is 0 Å². The number of alkyl carbamates (subject to hydrolysis) is 1. The number of benzene rings is 1. The molecule has 0 saturated heterocycles. The minimum absolute atomic E-state index is 0.00599. The molecule has 1 aromatic rings. The lowest BCUT2D eigenvalue weighted by Gasteiger charge is -2.31. The van der Waals surface area contributed by atoms with Gasteiger partial charge in [-0.25, -0.2) is 9.59 Å². The molecule has 0 aromatic heterocycles. The fourth-order valence-electron chi connectivity index (χ4n) is 1.93. The van der Waals surface area contributed by atoms with E-state index >= 15 is 0 Å². The molecule has 1 aromatic carbocycles. The van der Waals surface area contributed by atoms with Gasteiger partial charge in [-0.3, -0.25) is 4.79 Å². The predicted molar refractivity (Wildman–Crippen MR) is 114 cm³/mol. The molecule has 0 unspecified atom stereocenters. The molecule has 0 aliphatic carbocycles. The molecule has 3 N–H and O–H groups in total. The van der Waals surface area contributed by atoms with Gasteiger partial charge >= 0.3 is 12.1 Å². The van der Waals surface area contributed by atoms with Crippen molar-refractivity contribution in [3.63, 3.8) is 0 Å². The largest absolute Gasteiger partial charge is 0.480 e. The molecule has 2 amide bonds. The van der Waals surface area contributed by atoms with Crippen molar-refractivity contribution in [3.8, 4) is 11.5 Å². The van der Waals surface area contributed by atoms with Gasteiger partial charge in [0, 0.05) is 6.42 Å². The molecule has 0 spiro atoms. The second-order valence-electron chi connectivity index (χ2n) is 8.25. The molecule has 8 heteroatoms. The zero-order valence-corrected chi connectivity index (χ0v) is 18.7. The molecule has 0 saturated carbocycles. The molecule has 0 radical (unpaired) electrons. The fraction of sp³-hybridized carbons (Fsp3) is 0.476. The Morgan fingerprint density at radius 2 is 1.79 bits per heavy atom. The van der Waals surface area contributed by atoms with Gasteiger partial charge < -0.3 is 20.5 Å². The van der Waals surface area contributed by atoms with Crippen LogP contribution in [0.15, 0.2) is 30.3 Å². The second-order valence-corrected chi connectivity index (χ2v) is 13.3. The fourth-order valence-corrected chi connectivity index (χ4v) is 2.85. The van der Waals surface area contributed by atoms with Gasteiger partial charge in [0.15, 0.2) is 0 Å².